The Morgan fingerprint density at radius 3 is 1.95 bits per heavy atom. The van der Waals surface area contributed by atoms with Gasteiger partial charge in [0.1, 0.15) is 25.2 Å². The number of benzene rings is 3. The van der Waals surface area contributed by atoms with Crippen LogP contribution >= 0.6 is 7.29 Å². The summed E-state index contributed by atoms with van der Waals surface area (Å²) in [7, 11) is -2.89. The number of Topliss-reactive ketones (excluding diaryl/α,β-unsaturated/α-hetero) is 1. The molecule has 1 unspecified atom stereocenters. The Kier molecular flexibility index (Phi) is 9.12. The van der Waals surface area contributed by atoms with Gasteiger partial charge in [-0.1, -0.05) is 84.9 Å². The van der Waals surface area contributed by atoms with Crippen molar-refractivity contribution in [3.8, 4) is 0 Å². The lowest BCUT2D eigenvalue weighted by Crippen LogP contribution is -2.51. The van der Waals surface area contributed by atoms with Gasteiger partial charge < -0.3 is 20.9 Å². The third kappa shape index (κ3) is 7.30. The van der Waals surface area contributed by atoms with Crippen LogP contribution in [0.3, 0.4) is 0 Å². The highest BCUT2D eigenvalue weighted by Crippen LogP contribution is 2.37. The van der Waals surface area contributed by atoms with E-state index in [1.165, 1.54) is 0 Å². The van der Waals surface area contributed by atoms with Gasteiger partial charge in [0.15, 0.2) is 5.78 Å². The van der Waals surface area contributed by atoms with Crippen LogP contribution in [0.2, 0.25) is 0 Å². The van der Waals surface area contributed by atoms with Crippen LogP contribution in [0.1, 0.15) is 47.1 Å². The van der Waals surface area contributed by atoms with E-state index in [0.717, 1.165) is 24.1 Å². The van der Waals surface area contributed by atoms with E-state index in [4.69, 9.17) is 11.1 Å². The van der Waals surface area contributed by atoms with Crippen molar-refractivity contribution in [2.75, 3.05) is 19.9 Å². The van der Waals surface area contributed by atoms with Gasteiger partial charge in [-0.3, -0.25) is 20.1 Å². The minimum Gasteiger partial charge on any atom is -0.384 e. The maximum atomic E-state index is 14.2. The summed E-state index contributed by atoms with van der Waals surface area (Å²) in [6.45, 7) is 3.92. The third-order valence-electron chi connectivity index (χ3n) is 6.91. The number of amidine groups is 1. The molecule has 0 radical (unpaired) electrons. The van der Waals surface area contributed by atoms with E-state index in [1.54, 1.807) is 37.6 Å². The van der Waals surface area contributed by atoms with Crippen molar-refractivity contribution in [3.63, 3.8) is 0 Å². The summed E-state index contributed by atoms with van der Waals surface area (Å²) in [6, 6.07) is 23.8. The first-order chi connectivity index (χ1) is 18.6. The number of nitrogen functional groups attached to an aromatic ring is 1. The molecule has 3 aromatic rings. The van der Waals surface area contributed by atoms with Crippen molar-refractivity contribution in [1.29, 1.82) is 5.41 Å². The average Bonchev–Trinajstić information content (AvgIpc) is 3.47. The Morgan fingerprint density at radius 1 is 0.923 bits per heavy atom. The number of carbonyl (C=O) groups is 2. The van der Waals surface area contributed by atoms with E-state index in [1.807, 2.05) is 60.7 Å². The summed E-state index contributed by atoms with van der Waals surface area (Å²) in [5, 5.41) is 17.0. The zero-order valence-corrected chi connectivity index (χ0v) is 23.2. The highest BCUT2D eigenvalue weighted by Gasteiger charge is 2.37. The van der Waals surface area contributed by atoms with E-state index in [-0.39, 0.29) is 17.7 Å². The quantitative estimate of drug-likeness (QED) is 0.141. The van der Waals surface area contributed by atoms with E-state index >= 15 is 0 Å². The molecule has 1 saturated heterocycles. The molecule has 0 aliphatic carbocycles. The first kappa shape index (κ1) is 28.4. The number of rotatable bonds is 11. The van der Waals surface area contributed by atoms with Crippen molar-refractivity contribution in [2.45, 2.75) is 36.9 Å². The number of hydrogen-bond acceptors (Lipinski definition) is 5. The third-order valence-corrected chi connectivity index (χ3v) is 7.81. The van der Waals surface area contributed by atoms with Gasteiger partial charge in [-0.25, -0.2) is 0 Å². The fourth-order valence-electron chi connectivity index (χ4n) is 5.05. The van der Waals surface area contributed by atoms with Crippen molar-refractivity contribution < 1.29 is 14.2 Å². The zero-order valence-electron chi connectivity index (χ0n) is 22.3. The van der Waals surface area contributed by atoms with Crippen molar-refractivity contribution >= 4 is 24.8 Å². The van der Waals surface area contributed by atoms with Gasteiger partial charge >= 0.3 is 0 Å². The summed E-state index contributed by atoms with van der Waals surface area (Å²) in [5.41, 5.74) is 8.52. The number of nitrogens with two attached hydrogens (primary N) is 1. The molecule has 0 saturated carbocycles. The summed E-state index contributed by atoms with van der Waals surface area (Å²) in [4.78, 5) is 27.9. The van der Waals surface area contributed by atoms with Crippen molar-refractivity contribution in [2.24, 2.45) is 5.73 Å². The van der Waals surface area contributed by atoms with E-state index in [0.29, 0.717) is 17.5 Å². The van der Waals surface area contributed by atoms with E-state index in [9.17, 15) is 14.2 Å². The summed E-state index contributed by atoms with van der Waals surface area (Å²) < 4.78 is 13.1. The number of ketones is 1. The molecule has 3 aromatic carbocycles. The van der Waals surface area contributed by atoms with Crippen LogP contribution in [0.15, 0.2) is 84.9 Å². The minimum absolute atomic E-state index is 0.0783. The van der Waals surface area contributed by atoms with Gasteiger partial charge in [-0.15, -0.1) is 0 Å². The highest BCUT2D eigenvalue weighted by atomic mass is 31.2. The Hall–Kier alpha value is -3.58. The molecule has 0 aromatic heterocycles. The van der Waals surface area contributed by atoms with Crippen LogP contribution in [-0.2, 0) is 14.2 Å². The molecule has 1 amide bonds. The fourth-order valence-corrected chi connectivity index (χ4v) is 5.99. The maximum absolute atomic E-state index is 14.2. The predicted octanol–water partition coefficient (Wildman–Crippen LogP) is 3.78. The lowest BCUT2D eigenvalue weighted by molar-refractivity contribution is -0.130. The summed E-state index contributed by atoms with van der Waals surface area (Å²) >= 11 is 0. The number of carbonyl (C=O) groups excluding carboxylic acids is 2. The van der Waals surface area contributed by atoms with Gasteiger partial charge in [0.2, 0.25) is 5.91 Å². The molecule has 4 rings (SSSR count). The molecule has 1 aliphatic rings. The highest BCUT2D eigenvalue weighted by molar-refractivity contribution is 7.60. The Labute approximate surface area is 229 Å². The molecule has 204 valence electrons. The smallest absolute Gasteiger partial charge is 0.239 e. The van der Waals surface area contributed by atoms with Crippen LogP contribution in [0.5, 0.6) is 0 Å². The lowest BCUT2D eigenvalue weighted by atomic mass is 9.84. The molecule has 6 N–H and O–H groups in total. The number of amides is 1. The monoisotopic (exact) mass is 545 g/mol. The van der Waals surface area contributed by atoms with E-state index in [2.05, 4.69) is 15.7 Å². The van der Waals surface area contributed by atoms with Crippen LogP contribution in [0.4, 0.5) is 0 Å². The molecular weight excluding hydrogens is 509 g/mol. The zero-order chi connectivity index (χ0) is 28.0. The maximum Gasteiger partial charge on any atom is 0.239 e. The first-order valence-electron chi connectivity index (χ1n) is 13.1. The molecule has 0 spiro atoms. The lowest BCUT2D eigenvalue weighted by Gasteiger charge is -2.31. The largest absolute Gasteiger partial charge is 0.384 e. The Balaban J connectivity index is 1.75. The Morgan fingerprint density at radius 2 is 1.49 bits per heavy atom. The van der Waals surface area contributed by atoms with Gasteiger partial charge in [-0.2, -0.15) is 0 Å². The van der Waals surface area contributed by atoms with Crippen molar-refractivity contribution in [3.05, 3.63) is 107 Å². The topological polar surface area (TPSA) is 137 Å². The number of hydrogen-bond donors (Lipinski definition) is 5. The average molecular weight is 546 g/mol. The molecule has 9 heteroatoms. The molecule has 1 aliphatic heterocycles. The van der Waals surface area contributed by atoms with Gasteiger partial charge in [0.05, 0.1) is 6.04 Å². The van der Waals surface area contributed by atoms with Gasteiger partial charge in [0.25, 0.3) is 0 Å². The van der Waals surface area contributed by atoms with Crippen molar-refractivity contribution in [1.82, 2.24) is 15.7 Å². The van der Waals surface area contributed by atoms with Gasteiger partial charge in [-0.05, 0) is 36.1 Å². The van der Waals surface area contributed by atoms with Gasteiger partial charge in [0, 0.05) is 24.8 Å². The van der Waals surface area contributed by atoms with Crippen LogP contribution in [-0.4, -0.2) is 49.5 Å². The van der Waals surface area contributed by atoms with Crippen LogP contribution < -0.4 is 21.5 Å². The second-order valence-electron chi connectivity index (χ2n) is 10.3. The molecule has 3 atom stereocenters. The normalized spacial score (nSPS) is 16.9. The molecule has 8 nitrogen and oxygen atoms in total. The molecule has 0 bridgehead atoms. The number of nitrogens with one attached hydrogen (secondary N) is 4. The van der Waals surface area contributed by atoms with Crippen LogP contribution in [0.25, 0.3) is 0 Å². The molecule has 1 fully saturated rings. The predicted molar refractivity (Wildman–Crippen MR) is 155 cm³/mol. The molecule has 39 heavy (non-hydrogen) atoms. The fraction of sp³-hybridized carbons (Fsp3) is 0.300. The molecular formula is C30H36N5O3P. The standard InChI is InChI=1S/C30H36N5O3P/c1-39(2,38)35-27(25(20-10-5-3-6-11-20)21-12-7-4-8-13-21)30(37)34-26(28(36)24-14-9-19-33-24)22-15-17-23(18-16-22)29(31)32/h3-8,10-13,15-18,24-27,33H,9,14,19H2,1-2H3,(H3,31,32)(H,34,37)(H,35,38)/t24-,26?,27+/m0/s1. The summed E-state index contributed by atoms with van der Waals surface area (Å²) in [5.74, 6) is -1.10. The van der Waals surface area contributed by atoms with E-state index < -0.39 is 31.2 Å². The Bertz CT molecular complexity index is 1300. The summed E-state index contributed by atoms with van der Waals surface area (Å²) in [6.07, 6.45) is 1.57. The minimum atomic E-state index is -2.89. The second kappa shape index (κ2) is 12.5. The molecule has 1 heterocycles. The SMILES string of the molecule is CP(C)(=O)N[C@@H](C(=O)NC(C(=O)[C@@H]1CCCN1)c1ccc(C(=N)N)cc1)C(c1ccccc1)c1ccccc1. The second-order valence-corrected chi connectivity index (χ2v) is 13.2. The van der Waals surface area contributed by atoms with Crippen LogP contribution in [0, 0.1) is 5.41 Å². The first-order valence-corrected chi connectivity index (χ1v) is 15.7.